The summed E-state index contributed by atoms with van der Waals surface area (Å²) >= 11 is 0. The number of carbonyl (C=O) groups is 1. The molecule has 1 rings (SSSR count). The van der Waals surface area contributed by atoms with Gasteiger partial charge >= 0.3 is 7.82 Å². The van der Waals surface area contributed by atoms with Crippen molar-refractivity contribution in [3.63, 3.8) is 0 Å². The Hall–Kier alpha value is -1.22. The SMILES string of the molecule is CCCCCCCCCCCCC/C=C\CCCCCCCC(O)CC(=O)NC(COP(=O)(O)OC1C(O)C(O)C(O)C(O)C1O)C(O)/C=C/CCCCCCCCCCCCCC. The number of hydrogen-bond donors (Lipinski definition) is 9. The first-order valence-electron chi connectivity index (χ1n) is 25.9. The highest BCUT2D eigenvalue weighted by molar-refractivity contribution is 7.47. The fourth-order valence-corrected chi connectivity index (χ4v) is 9.26. The van der Waals surface area contributed by atoms with Crippen molar-refractivity contribution in [1.29, 1.82) is 0 Å². The third kappa shape index (κ3) is 30.9. The number of phosphoric acid groups is 1. The molecule has 14 heteroatoms. The van der Waals surface area contributed by atoms with Gasteiger partial charge in [-0.25, -0.2) is 4.57 Å². The van der Waals surface area contributed by atoms with Crippen LogP contribution in [0.15, 0.2) is 24.3 Å². The fourth-order valence-electron chi connectivity index (χ4n) is 8.30. The molecule has 0 heterocycles. The van der Waals surface area contributed by atoms with E-state index in [1.165, 1.54) is 134 Å². The largest absolute Gasteiger partial charge is 0.472 e. The van der Waals surface area contributed by atoms with Crippen LogP contribution in [-0.4, -0.2) is 108 Å². The molecule has 0 bridgehead atoms. The molecular formula is C50H96NO12P. The van der Waals surface area contributed by atoms with Crippen molar-refractivity contribution in [2.24, 2.45) is 0 Å². The number of hydrogen-bond acceptors (Lipinski definition) is 11. The summed E-state index contributed by atoms with van der Waals surface area (Å²) in [6.45, 7) is 3.75. The molecule has 0 aliphatic heterocycles. The Labute approximate surface area is 388 Å². The number of amides is 1. The second-order valence-corrected chi connectivity index (χ2v) is 20.0. The van der Waals surface area contributed by atoms with Gasteiger partial charge in [-0.2, -0.15) is 0 Å². The lowest BCUT2D eigenvalue weighted by atomic mass is 9.85. The van der Waals surface area contributed by atoms with Gasteiger partial charge in [0.05, 0.1) is 31.3 Å². The van der Waals surface area contributed by atoms with Gasteiger partial charge in [0.15, 0.2) is 0 Å². The summed E-state index contributed by atoms with van der Waals surface area (Å²) in [6.07, 6.45) is 31.2. The van der Waals surface area contributed by atoms with Gasteiger partial charge in [-0.15, -0.1) is 0 Å². The van der Waals surface area contributed by atoms with Crippen LogP contribution in [-0.2, 0) is 18.4 Å². The van der Waals surface area contributed by atoms with Crippen LogP contribution >= 0.6 is 7.82 Å². The zero-order valence-electron chi connectivity index (χ0n) is 40.2. The van der Waals surface area contributed by atoms with E-state index in [0.717, 1.165) is 64.2 Å². The maximum absolute atomic E-state index is 13.0. The minimum atomic E-state index is -5.14. The molecule has 0 radical (unpaired) electrons. The Morgan fingerprint density at radius 3 is 1.33 bits per heavy atom. The maximum atomic E-state index is 13.0. The van der Waals surface area contributed by atoms with Crippen LogP contribution in [0.5, 0.6) is 0 Å². The molecule has 8 unspecified atom stereocenters. The predicted octanol–water partition coefficient (Wildman–Crippen LogP) is 9.54. The normalized spacial score (nSPS) is 22.8. The zero-order chi connectivity index (χ0) is 47.3. The Kier molecular flexibility index (Phi) is 37.8. The lowest BCUT2D eigenvalue weighted by molar-refractivity contribution is -0.220. The first kappa shape index (κ1) is 60.8. The average Bonchev–Trinajstić information content (AvgIpc) is 3.27. The number of unbranched alkanes of at least 4 members (excludes halogenated alkanes) is 28. The second kappa shape index (κ2) is 39.7. The molecule has 1 amide bonds. The van der Waals surface area contributed by atoms with Crippen molar-refractivity contribution in [1.82, 2.24) is 5.32 Å². The molecule has 64 heavy (non-hydrogen) atoms. The lowest BCUT2D eigenvalue weighted by Crippen LogP contribution is -2.64. The van der Waals surface area contributed by atoms with Gasteiger partial charge < -0.3 is 46.0 Å². The smallest absolute Gasteiger partial charge is 0.393 e. The van der Waals surface area contributed by atoms with Crippen molar-refractivity contribution in [3.8, 4) is 0 Å². The van der Waals surface area contributed by atoms with Crippen molar-refractivity contribution < 1.29 is 59.0 Å². The minimum Gasteiger partial charge on any atom is -0.393 e. The van der Waals surface area contributed by atoms with Crippen LogP contribution in [0, 0.1) is 0 Å². The van der Waals surface area contributed by atoms with E-state index < -0.39 is 75.2 Å². The van der Waals surface area contributed by atoms with E-state index >= 15 is 0 Å². The quantitative estimate of drug-likeness (QED) is 0.0158. The summed E-state index contributed by atoms with van der Waals surface area (Å²) in [7, 11) is -5.14. The summed E-state index contributed by atoms with van der Waals surface area (Å²) in [5.41, 5.74) is 0. The number of phosphoric ester groups is 1. The lowest BCUT2D eigenvalue weighted by Gasteiger charge is -2.41. The Morgan fingerprint density at radius 1 is 0.547 bits per heavy atom. The Morgan fingerprint density at radius 2 is 0.906 bits per heavy atom. The molecule has 9 N–H and O–H groups in total. The third-order valence-electron chi connectivity index (χ3n) is 12.5. The van der Waals surface area contributed by atoms with Crippen LogP contribution < -0.4 is 5.32 Å². The van der Waals surface area contributed by atoms with E-state index in [4.69, 9.17) is 9.05 Å². The van der Waals surface area contributed by atoms with Gasteiger partial charge in [0, 0.05) is 0 Å². The van der Waals surface area contributed by atoms with Crippen molar-refractivity contribution in [3.05, 3.63) is 24.3 Å². The predicted molar refractivity (Wildman–Crippen MR) is 257 cm³/mol. The van der Waals surface area contributed by atoms with E-state index in [1.54, 1.807) is 6.08 Å². The molecule has 0 spiro atoms. The molecular weight excluding hydrogens is 838 g/mol. The number of carbonyl (C=O) groups excluding carboxylic acids is 1. The van der Waals surface area contributed by atoms with Crippen LogP contribution in [0.1, 0.15) is 226 Å². The highest BCUT2D eigenvalue weighted by Gasteiger charge is 2.51. The molecule has 0 aromatic rings. The Bertz CT molecular complexity index is 1190. The van der Waals surface area contributed by atoms with Gasteiger partial charge in [0.25, 0.3) is 0 Å². The molecule has 13 nitrogen and oxygen atoms in total. The number of allylic oxidation sites excluding steroid dienone is 3. The molecule has 0 saturated heterocycles. The topological polar surface area (TPSA) is 226 Å². The van der Waals surface area contributed by atoms with E-state index in [1.807, 2.05) is 0 Å². The summed E-state index contributed by atoms with van der Waals surface area (Å²) in [5, 5.41) is 74.6. The van der Waals surface area contributed by atoms with Gasteiger partial charge in [-0.05, 0) is 44.9 Å². The Balaban J connectivity index is 2.46. The summed E-state index contributed by atoms with van der Waals surface area (Å²) in [4.78, 5) is 23.5. The maximum Gasteiger partial charge on any atom is 0.472 e. The van der Waals surface area contributed by atoms with Crippen LogP contribution in [0.25, 0.3) is 0 Å². The summed E-state index contributed by atoms with van der Waals surface area (Å²) < 4.78 is 22.9. The van der Waals surface area contributed by atoms with Crippen LogP contribution in [0.4, 0.5) is 0 Å². The van der Waals surface area contributed by atoms with Gasteiger partial charge in [0.2, 0.25) is 5.91 Å². The molecule has 8 atom stereocenters. The highest BCUT2D eigenvalue weighted by atomic mass is 31.2. The van der Waals surface area contributed by atoms with Crippen LogP contribution in [0.2, 0.25) is 0 Å². The summed E-state index contributed by atoms with van der Waals surface area (Å²) in [5.74, 6) is -0.596. The van der Waals surface area contributed by atoms with Gasteiger partial charge in [-0.3, -0.25) is 13.8 Å². The monoisotopic (exact) mass is 934 g/mol. The van der Waals surface area contributed by atoms with Crippen molar-refractivity contribution >= 4 is 13.7 Å². The van der Waals surface area contributed by atoms with Gasteiger partial charge in [-0.1, -0.05) is 199 Å². The average molecular weight is 934 g/mol. The van der Waals surface area contributed by atoms with Crippen molar-refractivity contribution in [2.45, 2.75) is 281 Å². The molecule has 1 aliphatic rings. The molecule has 1 aliphatic carbocycles. The number of nitrogens with one attached hydrogen (secondary N) is 1. The molecule has 1 fully saturated rings. The third-order valence-corrected chi connectivity index (χ3v) is 13.5. The number of aliphatic hydroxyl groups excluding tert-OH is 7. The summed E-state index contributed by atoms with van der Waals surface area (Å²) in [6, 6.07) is -1.24. The van der Waals surface area contributed by atoms with E-state index in [0.29, 0.717) is 12.8 Å². The van der Waals surface area contributed by atoms with E-state index in [9.17, 15) is 50.0 Å². The molecule has 0 aromatic carbocycles. The highest BCUT2D eigenvalue weighted by Crippen LogP contribution is 2.47. The molecule has 378 valence electrons. The van der Waals surface area contributed by atoms with Crippen LogP contribution in [0.3, 0.4) is 0 Å². The second-order valence-electron chi connectivity index (χ2n) is 18.6. The van der Waals surface area contributed by atoms with Gasteiger partial charge in [0.1, 0.15) is 36.6 Å². The number of rotatable bonds is 43. The minimum absolute atomic E-state index is 0.248. The number of aliphatic hydroxyl groups is 7. The van der Waals surface area contributed by atoms with E-state index in [2.05, 4.69) is 31.3 Å². The van der Waals surface area contributed by atoms with Crippen molar-refractivity contribution in [2.75, 3.05) is 6.61 Å². The first-order valence-corrected chi connectivity index (χ1v) is 27.4. The molecule has 0 aromatic heterocycles. The zero-order valence-corrected chi connectivity index (χ0v) is 41.1. The fraction of sp³-hybridized carbons (Fsp3) is 0.900. The standard InChI is InChI=1S/C50H96NO12P/c1-3-5-7-9-11-13-15-17-19-20-21-22-23-24-25-27-29-31-33-35-37-41(52)39-44(54)51-42(40-62-64(60,61)63-50-48(58)46(56)45(55)47(57)49(50)59)43(53)38-36-34-32-30-28-26-18-16-14-12-10-8-6-4-2/h23-24,36,38,41-43,45-50,52-53,55-59H,3-22,25-35,37,39-40H2,1-2H3,(H,51,54)(H,60,61)/b24-23-,38-36+. The van der Waals surface area contributed by atoms with E-state index in [-0.39, 0.29) is 6.42 Å². The first-order chi connectivity index (χ1) is 30.8. The molecule has 1 saturated carbocycles.